The molecular weight excluding hydrogens is 254 g/mol. The Labute approximate surface area is 119 Å². The van der Waals surface area contributed by atoms with Gasteiger partial charge in [-0.05, 0) is 12.0 Å². The Bertz CT molecular complexity index is 461. The van der Waals surface area contributed by atoms with Gasteiger partial charge in [-0.2, -0.15) is 0 Å². The standard InChI is InChI=1S/C15H21N3O2/c1-18-11-13(7-8-15(18)20)16-10-14(19)17-9-12-5-3-2-4-6-12/h2-6,13,16H,7-11H2,1H3,(H,17,19). The maximum Gasteiger partial charge on any atom is 0.234 e. The minimum absolute atomic E-state index is 0.0200. The van der Waals surface area contributed by atoms with Gasteiger partial charge in [0.05, 0.1) is 6.54 Å². The highest BCUT2D eigenvalue weighted by Gasteiger charge is 2.22. The van der Waals surface area contributed by atoms with Crippen LogP contribution in [0.15, 0.2) is 30.3 Å². The van der Waals surface area contributed by atoms with Crippen LogP contribution in [0.2, 0.25) is 0 Å². The van der Waals surface area contributed by atoms with Crippen LogP contribution in [0.4, 0.5) is 0 Å². The molecule has 0 aromatic heterocycles. The highest BCUT2D eigenvalue weighted by atomic mass is 16.2. The summed E-state index contributed by atoms with van der Waals surface area (Å²) in [4.78, 5) is 24.8. The fourth-order valence-electron chi connectivity index (χ4n) is 2.27. The molecule has 1 fully saturated rings. The average Bonchev–Trinajstić information content (AvgIpc) is 2.47. The van der Waals surface area contributed by atoms with Gasteiger partial charge in [0.15, 0.2) is 0 Å². The number of piperidine rings is 1. The van der Waals surface area contributed by atoms with Gasteiger partial charge in [-0.25, -0.2) is 0 Å². The van der Waals surface area contributed by atoms with Crippen molar-refractivity contribution in [3.8, 4) is 0 Å². The Morgan fingerprint density at radius 2 is 2.10 bits per heavy atom. The lowest BCUT2D eigenvalue weighted by Gasteiger charge is -2.30. The van der Waals surface area contributed by atoms with Crippen molar-refractivity contribution in [1.82, 2.24) is 15.5 Å². The highest BCUT2D eigenvalue weighted by Crippen LogP contribution is 2.09. The Hall–Kier alpha value is -1.88. The van der Waals surface area contributed by atoms with Crippen molar-refractivity contribution in [2.45, 2.75) is 25.4 Å². The van der Waals surface area contributed by atoms with E-state index in [4.69, 9.17) is 0 Å². The molecule has 2 rings (SSSR count). The predicted molar refractivity (Wildman–Crippen MR) is 77.0 cm³/mol. The summed E-state index contributed by atoms with van der Waals surface area (Å²) in [5.41, 5.74) is 1.09. The van der Waals surface area contributed by atoms with E-state index in [1.807, 2.05) is 30.3 Å². The second-order valence-corrected chi connectivity index (χ2v) is 5.15. The van der Waals surface area contributed by atoms with Crippen molar-refractivity contribution < 1.29 is 9.59 Å². The molecule has 1 aromatic carbocycles. The molecular formula is C15H21N3O2. The van der Waals surface area contributed by atoms with Crippen LogP contribution in [0.25, 0.3) is 0 Å². The third-order valence-electron chi connectivity index (χ3n) is 3.51. The van der Waals surface area contributed by atoms with E-state index < -0.39 is 0 Å². The first-order chi connectivity index (χ1) is 9.65. The summed E-state index contributed by atoms with van der Waals surface area (Å²) < 4.78 is 0. The van der Waals surface area contributed by atoms with E-state index in [1.165, 1.54) is 0 Å². The number of carbonyl (C=O) groups is 2. The molecule has 0 spiro atoms. The van der Waals surface area contributed by atoms with Crippen LogP contribution in [0.3, 0.4) is 0 Å². The molecule has 5 nitrogen and oxygen atoms in total. The van der Waals surface area contributed by atoms with Crippen molar-refractivity contribution in [2.75, 3.05) is 20.1 Å². The van der Waals surface area contributed by atoms with Gasteiger partial charge in [-0.1, -0.05) is 30.3 Å². The lowest BCUT2D eigenvalue weighted by atomic mass is 10.1. The van der Waals surface area contributed by atoms with Crippen LogP contribution in [0, 0.1) is 0 Å². The number of benzene rings is 1. The summed E-state index contributed by atoms with van der Waals surface area (Å²) in [5, 5.41) is 6.08. The first-order valence-electron chi connectivity index (χ1n) is 6.93. The van der Waals surface area contributed by atoms with E-state index in [0.29, 0.717) is 26.1 Å². The molecule has 1 aromatic rings. The maximum atomic E-state index is 11.8. The zero-order valence-corrected chi connectivity index (χ0v) is 11.8. The molecule has 0 radical (unpaired) electrons. The Kier molecular flexibility index (Phi) is 5.12. The van der Waals surface area contributed by atoms with E-state index in [2.05, 4.69) is 10.6 Å². The number of hydrogen-bond donors (Lipinski definition) is 2. The summed E-state index contributed by atoms with van der Waals surface area (Å²) in [6.07, 6.45) is 1.36. The summed E-state index contributed by atoms with van der Waals surface area (Å²) in [5.74, 6) is 0.157. The summed E-state index contributed by atoms with van der Waals surface area (Å²) in [6.45, 7) is 1.51. The second kappa shape index (κ2) is 7.05. The van der Waals surface area contributed by atoms with E-state index in [0.717, 1.165) is 12.0 Å². The molecule has 2 N–H and O–H groups in total. The van der Waals surface area contributed by atoms with Crippen molar-refractivity contribution in [3.63, 3.8) is 0 Å². The monoisotopic (exact) mass is 275 g/mol. The molecule has 5 heteroatoms. The van der Waals surface area contributed by atoms with Gasteiger partial charge in [0.25, 0.3) is 0 Å². The summed E-state index contributed by atoms with van der Waals surface area (Å²) >= 11 is 0. The van der Waals surface area contributed by atoms with Crippen molar-refractivity contribution >= 4 is 11.8 Å². The largest absolute Gasteiger partial charge is 0.351 e. The van der Waals surface area contributed by atoms with Gasteiger partial charge in [0.1, 0.15) is 0 Å². The normalized spacial score (nSPS) is 18.9. The smallest absolute Gasteiger partial charge is 0.234 e. The quantitative estimate of drug-likeness (QED) is 0.823. The summed E-state index contributed by atoms with van der Waals surface area (Å²) in [7, 11) is 1.80. The lowest BCUT2D eigenvalue weighted by molar-refractivity contribution is -0.132. The van der Waals surface area contributed by atoms with Gasteiger partial charge in [-0.15, -0.1) is 0 Å². The van der Waals surface area contributed by atoms with E-state index >= 15 is 0 Å². The third-order valence-corrected chi connectivity index (χ3v) is 3.51. The number of rotatable bonds is 5. The number of likely N-dealkylation sites (N-methyl/N-ethyl adjacent to an activating group) is 1. The summed E-state index contributed by atoms with van der Waals surface area (Å²) in [6, 6.07) is 10.0. The second-order valence-electron chi connectivity index (χ2n) is 5.15. The lowest BCUT2D eigenvalue weighted by Crippen LogP contribution is -2.49. The topological polar surface area (TPSA) is 61.4 Å². The van der Waals surface area contributed by atoms with E-state index in [1.54, 1.807) is 11.9 Å². The first kappa shape index (κ1) is 14.5. The molecule has 1 unspecified atom stereocenters. The number of hydrogen-bond acceptors (Lipinski definition) is 3. The first-order valence-corrected chi connectivity index (χ1v) is 6.93. The molecule has 1 aliphatic heterocycles. The van der Waals surface area contributed by atoms with Crippen LogP contribution in [-0.2, 0) is 16.1 Å². The molecule has 20 heavy (non-hydrogen) atoms. The van der Waals surface area contributed by atoms with Crippen LogP contribution in [0.1, 0.15) is 18.4 Å². The molecule has 1 aliphatic rings. The SMILES string of the molecule is CN1CC(NCC(=O)NCc2ccccc2)CCC1=O. The molecule has 0 aliphatic carbocycles. The van der Waals surface area contributed by atoms with Gasteiger partial charge < -0.3 is 15.5 Å². The fourth-order valence-corrected chi connectivity index (χ4v) is 2.27. The zero-order valence-electron chi connectivity index (χ0n) is 11.8. The number of nitrogens with one attached hydrogen (secondary N) is 2. The average molecular weight is 275 g/mol. The number of amides is 2. The fraction of sp³-hybridized carbons (Fsp3) is 0.467. The molecule has 2 amide bonds. The molecule has 1 saturated heterocycles. The zero-order chi connectivity index (χ0) is 14.4. The number of likely N-dealkylation sites (tertiary alicyclic amines) is 1. The molecule has 1 heterocycles. The van der Waals surface area contributed by atoms with Crippen molar-refractivity contribution in [1.29, 1.82) is 0 Å². The van der Waals surface area contributed by atoms with E-state index in [9.17, 15) is 9.59 Å². The Morgan fingerprint density at radius 3 is 2.80 bits per heavy atom. The van der Waals surface area contributed by atoms with Gasteiger partial charge >= 0.3 is 0 Å². The molecule has 108 valence electrons. The highest BCUT2D eigenvalue weighted by molar-refractivity contribution is 5.78. The van der Waals surface area contributed by atoms with Crippen LogP contribution < -0.4 is 10.6 Å². The van der Waals surface area contributed by atoms with Crippen molar-refractivity contribution in [2.24, 2.45) is 0 Å². The maximum absolute atomic E-state index is 11.8. The molecule has 0 saturated carbocycles. The Balaban J connectivity index is 1.66. The molecule has 1 atom stereocenters. The van der Waals surface area contributed by atoms with Gasteiger partial charge in [0, 0.05) is 32.6 Å². The van der Waals surface area contributed by atoms with Gasteiger partial charge in [0.2, 0.25) is 11.8 Å². The van der Waals surface area contributed by atoms with Crippen molar-refractivity contribution in [3.05, 3.63) is 35.9 Å². The number of carbonyl (C=O) groups excluding carboxylic acids is 2. The van der Waals surface area contributed by atoms with Gasteiger partial charge in [-0.3, -0.25) is 9.59 Å². The van der Waals surface area contributed by atoms with Crippen LogP contribution in [0.5, 0.6) is 0 Å². The van der Waals surface area contributed by atoms with E-state index in [-0.39, 0.29) is 17.9 Å². The van der Waals surface area contributed by atoms with Crippen LogP contribution in [-0.4, -0.2) is 42.9 Å². The minimum atomic E-state index is -0.0200. The minimum Gasteiger partial charge on any atom is -0.351 e. The predicted octanol–water partition coefficient (Wildman–Crippen LogP) is 0.513. The molecule has 0 bridgehead atoms. The Morgan fingerprint density at radius 1 is 1.35 bits per heavy atom. The third kappa shape index (κ3) is 4.35. The van der Waals surface area contributed by atoms with Crippen LogP contribution >= 0.6 is 0 Å². The number of nitrogens with zero attached hydrogens (tertiary/aromatic N) is 1.